The summed E-state index contributed by atoms with van der Waals surface area (Å²) >= 11 is 0. The molecule has 0 spiro atoms. The molecule has 1 aromatic carbocycles. The summed E-state index contributed by atoms with van der Waals surface area (Å²) in [4.78, 5) is 11.4. The topological polar surface area (TPSA) is 86.7 Å². The van der Waals surface area contributed by atoms with Crippen LogP contribution in [-0.4, -0.2) is 45.8 Å². The van der Waals surface area contributed by atoms with Gasteiger partial charge in [0, 0.05) is 45.7 Å². The fourth-order valence-corrected chi connectivity index (χ4v) is 4.48. The molecule has 3 rings (SSSR count). The summed E-state index contributed by atoms with van der Waals surface area (Å²) in [5, 5.41) is 6.60. The third-order valence-corrected chi connectivity index (χ3v) is 6.28. The summed E-state index contributed by atoms with van der Waals surface area (Å²) < 4.78 is 23.5. The smallest absolute Gasteiger partial charge is 0.191 e. The number of rotatable bonds is 6. The highest BCUT2D eigenvalue weighted by Crippen LogP contribution is 2.18. The van der Waals surface area contributed by atoms with Gasteiger partial charge in [-0.3, -0.25) is 4.99 Å². The summed E-state index contributed by atoms with van der Waals surface area (Å²) in [5.41, 5.74) is 2.90. The first-order valence-electron chi connectivity index (χ1n) is 9.81. The third kappa shape index (κ3) is 5.69. The number of benzene rings is 1. The van der Waals surface area contributed by atoms with Crippen molar-refractivity contribution in [2.45, 2.75) is 37.8 Å². The van der Waals surface area contributed by atoms with Crippen LogP contribution < -0.4 is 15.5 Å². The second kappa shape index (κ2) is 9.26. The molecule has 1 aliphatic heterocycles. The maximum Gasteiger partial charge on any atom is 0.191 e. The van der Waals surface area contributed by atoms with E-state index >= 15 is 0 Å². The van der Waals surface area contributed by atoms with E-state index in [2.05, 4.69) is 31.6 Å². The highest BCUT2D eigenvalue weighted by atomic mass is 32.2. The zero-order chi connectivity index (χ0) is 20.9. The van der Waals surface area contributed by atoms with E-state index in [0.29, 0.717) is 23.9 Å². The first-order chi connectivity index (χ1) is 13.9. The second-order valence-corrected chi connectivity index (χ2v) is 9.35. The van der Waals surface area contributed by atoms with E-state index in [0.717, 1.165) is 35.6 Å². The van der Waals surface area contributed by atoms with Crippen molar-refractivity contribution >= 4 is 21.6 Å². The number of hydrogen-bond acceptors (Lipinski definition) is 5. The lowest BCUT2D eigenvalue weighted by atomic mass is 10.1. The molecule has 8 heteroatoms. The maximum absolute atomic E-state index is 11.8. The van der Waals surface area contributed by atoms with Crippen molar-refractivity contribution in [1.29, 1.82) is 0 Å². The number of sulfone groups is 1. The lowest BCUT2D eigenvalue weighted by molar-refractivity contribution is 0.601. The van der Waals surface area contributed by atoms with Gasteiger partial charge in [-0.05, 0) is 54.7 Å². The number of pyridine rings is 1. The van der Waals surface area contributed by atoms with Crippen LogP contribution in [0.3, 0.4) is 0 Å². The van der Waals surface area contributed by atoms with Crippen LogP contribution in [0.4, 0.5) is 5.82 Å². The standard InChI is InChI=1S/C21H29N5O2S/c1-16-12-17(6-7-19(16)29(3,27)28)14-24-21(22-2)25-15-18-8-9-23-20(13-18)26-10-4-5-11-26/h6-9,12-13H,4-5,10-11,14-15H2,1-3H3,(H2,22,24,25). The highest BCUT2D eigenvalue weighted by molar-refractivity contribution is 7.90. The Kier molecular flexibility index (Phi) is 6.74. The van der Waals surface area contributed by atoms with Gasteiger partial charge in [0.15, 0.2) is 15.8 Å². The van der Waals surface area contributed by atoms with Crippen LogP contribution >= 0.6 is 0 Å². The van der Waals surface area contributed by atoms with Gasteiger partial charge in [-0.15, -0.1) is 0 Å². The molecule has 0 bridgehead atoms. The maximum atomic E-state index is 11.8. The molecule has 0 radical (unpaired) electrons. The average Bonchev–Trinajstić information content (AvgIpc) is 3.22. The van der Waals surface area contributed by atoms with Crippen molar-refractivity contribution < 1.29 is 8.42 Å². The van der Waals surface area contributed by atoms with Crippen molar-refractivity contribution in [3.8, 4) is 0 Å². The number of hydrogen-bond donors (Lipinski definition) is 2. The Hall–Kier alpha value is -2.61. The normalized spacial score (nSPS) is 14.9. The Morgan fingerprint density at radius 3 is 2.34 bits per heavy atom. The van der Waals surface area contributed by atoms with Crippen LogP contribution in [0.5, 0.6) is 0 Å². The monoisotopic (exact) mass is 415 g/mol. The average molecular weight is 416 g/mol. The minimum absolute atomic E-state index is 0.371. The molecule has 0 atom stereocenters. The molecular weight excluding hydrogens is 386 g/mol. The Balaban J connectivity index is 1.56. The number of nitrogens with zero attached hydrogens (tertiary/aromatic N) is 3. The molecule has 2 N–H and O–H groups in total. The minimum atomic E-state index is -3.20. The Bertz CT molecular complexity index is 982. The van der Waals surface area contributed by atoms with E-state index in [1.54, 1.807) is 13.1 Å². The molecule has 1 aromatic heterocycles. The Morgan fingerprint density at radius 1 is 1.10 bits per heavy atom. The van der Waals surface area contributed by atoms with Crippen LogP contribution in [0.25, 0.3) is 0 Å². The number of anilines is 1. The molecule has 29 heavy (non-hydrogen) atoms. The lowest BCUT2D eigenvalue weighted by Crippen LogP contribution is -2.36. The lowest BCUT2D eigenvalue weighted by Gasteiger charge is -2.17. The highest BCUT2D eigenvalue weighted by Gasteiger charge is 2.14. The first-order valence-corrected chi connectivity index (χ1v) is 11.7. The van der Waals surface area contributed by atoms with Gasteiger partial charge < -0.3 is 15.5 Å². The first kappa shape index (κ1) is 21.1. The van der Waals surface area contributed by atoms with Crippen molar-refractivity contribution in [2.75, 3.05) is 31.3 Å². The molecule has 1 fully saturated rings. The molecule has 1 saturated heterocycles. The predicted octanol–water partition coefficient (Wildman–Crippen LogP) is 2.26. The molecule has 0 aliphatic carbocycles. The van der Waals surface area contributed by atoms with Gasteiger partial charge in [0.1, 0.15) is 5.82 Å². The predicted molar refractivity (Wildman–Crippen MR) is 117 cm³/mol. The largest absolute Gasteiger partial charge is 0.357 e. The third-order valence-electron chi connectivity index (χ3n) is 5.02. The summed E-state index contributed by atoms with van der Waals surface area (Å²) in [6.45, 7) is 5.17. The SMILES string of the molecule is CN=C(NCc1ccnc(N2CCCC2)c1)NCc1ccc(S(C)(=O)=O)c(C)c1. The van der Waals surface area contributed by atoms with Gasteiger partial charge >= 0.3 is 0 Å². The number of aliphatic imine (C=N–C) groups is 1. The summed E-state index contributed by atoms with van der Waals surface area (Å²) in [5.74, 6) is 1.72. The van der Waals surface area contributed by atoms with E-state index in [-0.39, 0.29) is 0 Å². The van der Waals surface area contributed by atoms with Crippen LogP contribution in [0.2, 0.25) is 0 Å². The molecule has 2 heterocycles. The summed E-state index contributed by atoms with van der Waals surface area (Å²) in [6.07, 6.45) is 5.54. The van der Waals surface area contributed by atoms with Crippen molar-refractivity contribution in [3.05, 3.63) is 53.2 Å². The van der Waals surface area contributed by atoms with Crippen LogP contribution in [0.15, 0.2) is 46.4 Å². The van der Waals surface area contributed by atoms with Crippen LogP contribution in [0.1, 0.15) is 29.5 Å². The van der Waals surface area contributed by atoms with Crippen LogP contribution in [0, 0.1) is 6.92 Å². The Morgan fingerprint density at radius 2 is 1.76 bits per heavy atom. The van der Waals surface area contributed by atoms with E-state index in [9.17, 15) is 8.42 Å². The molecular formula is C21H29N5O2S. The van der Waals surface area contributed by atoms with E-state index < -0.39 is 9.84 Å². The van der Waals surface area contributed by atoms with Crippen molar-refractivity contribution in [1.82, 2.24) is 15.6 Å². The summed E-state index contributed by atoms with van der Waals surface area (Å²) in [7, 11) is -1.47. The van der Waals surface area contributed by atoms with Gasteiger partial charge in [0.05, 0.1) is 4.90 Å². The molecule has 0 unspecified atom stereocenters. The fraction of sp³-hybridized carbons (Fsp3) is 0.429. The number of aromatic nitrogens is 1. The second-order valence-electron chi connectivity index (χ2n) is 7.37. The van der Waals surface area contributed by atoms with E-state index in [4.69, 9.17) is 0 Å². The van der Waals surface area contributed by atoms with Gasteiger partial charge in [0.2, 0.25) is 0 Å². The minimum Gasteiger partial charge on any atom is -0.357 e. The quantitative estimate of drug-likeness (QED) is 0.556. The fourth-order valence-electron chi connectivity index (χ4n) is 3.52. The van der Waals surface area contributed by atoms with E-state index in [1.807, 2.05) is 31.3 Å². The van der Waals surface area contributed by atoms with Gasteiger partial charge in [-0.25, -0.2) is 13.4 Å². The van der Waals surface area contributed by atoms with E-state index in [1.165, 1.54) is 19.1 Å². The molecule has 2 aromatic rings. The number of nitrogens with one attached hydrogen (secondary N) is 2. The van der Waals surface area contributed by atoms with Gasteiger partial charge in [-0.1, -0.05) is 12.1 Å². The molecule has 1 aliphatic rings. The summed E-state index contributed by atoms with van der Waals surface area (Å²) in [6, 6.07) is 9.51. The van der Waals surface area contributed by atoms with Gasteiger partial charge in [0.25, 0.3) is 0 Å². The van der Waals surface area contributed by atoms with Crippen LogP contribution in [-0.2, 0) is 22.9 Å². The molecule has 0 saturated carbocycles. The molecule has 7 nitrogen and oxygen atoms in total. The zero-order valence-corrected chi connectivity index (χ0v) is 18.1. The zero-order valence-electron chi connectivity index (χ0n) is 17.3. The van der Waals surface area contributed by atoms with Gasteiger partial charge in [-0.2, -0.15) is 0 Å². The number of guanidine groups is 1. The molecule has 0 amide bonds. The molecule has 156 valence electrons. The number of aryl methyl sites for hydroxylation is 1. The van der Waals surface area contributed by atoms with Crippen molar-refractivity contribution in [2.24, 2.45) is 4.99 Å². The van der Waals surface area contributed by atoms with Crippen molar-refractivity contribution in [3.63, 3.8) is 0 Å². The Labute approximate surface area is 173 Å².